The Balaban J connectivity index is 1.68. The average Bonchev–Trinajstić information content (AvgIpc) is 3.09. The lowest BCUT2D eigenvalue weighted by molar-refractivity contribution is 0.0755. The van der Waals surface area contributed by atoms with E-state index in [0.29, 0.717) is 17.1 Å². The maximum atomic E-state index is 12.6. The molecule has 0 radical (unpaired) electrons. The molecule has 132 valence electrons. The van der Waals surface area contributed by atoms with Crippen molar-refractivity contribution in [3.05, 3.63) is 42.1 Å². The Bertz CT molecular complexity index is 725. The van der Waals surface area contributed by atoms with E-state index in [4.69, 9.17) is 9.47 Å². The van der Waals surface area contributed by atoms with E-state index in [-0.39, 0.29) is 12.7 Å². The molecule has 1 aliphatic rings. The van der Waals surface area contributed by atoms with Gasteiger partial charge < -0.3 is 19.7 Å². The Labute approximate surface area is 147 Å². The van der Waals surface area contributed by atoms with E-state index >= 15 is 0 Å². The standard InChI is InChI=1S/C19H23N3O3/c1-3-9-22(10-4-2)19(23)14-5-8-18(20-12-14)21-15-6-7-16-17(11-15)25-13-24-16/h5-8,11-12H,3-4,9-10,13H2,1-2H3,(H,20,21). The molecule has 1 N–H and O–H groups in total. The summed E-state index contributed by atoms with van der Waals surface area (Å²) in [5, 5.41) is 3.21. The molecule has 0 unspecified atom stereocenters. The zero-order valence-electron chi connectivity index (χ0n) is 14.6. The number of nitrogens with zero attached hydrogens (tertiary/aromatic N) is 2. The van der Waals surface area contributed by atoms with Crippen molar-refractivity contribution >= 4 is 17.4 Å². The molecule has 2 heterocycles. The van der Waals surface area contributed by atoms with E-state index in [1.54, 1.807) is 6.20 Å². The number of fused-ring (bicyclic) bond motifs is 1. The summed E-state index contributed by atoms with van der Waals surface area (Å²) in [5.41, 5.74) is 1.47. The van der Waals surface area contributed by atoms with Crippen molar-refractivity contribution in [2.45, 2.75) is 26.7 Å². The molecule has 0 saturated carbocycles. The molecular weight excluding hydrogens is 318 g/mol. The topological polar surface area (TPSA) is 63.7 Å². The molecular formula is C19H23N3O3. The molecule has 2 aromatic rings. The van der Waals surface area contributed by atoms with Crippen LogP contribution in [0, 0.1) is 0 Å². The summed E-state index contributed by atoms with van der Waals surface area (Å²) in [4.78, 5) is 18.8. The van der Waals surface area contributed by atoms with E-state index < -0.39 is 0 Å². The lowest BCUT2D eigenvalue weighted by Gasteiger charge is -2.21. The second-order valence-corrected chi connectivity index (χ2v) is 5.92. The van der Waals surface area contributed by atoms with Crippen molar-refractivity contribution < 1.29 is 14.3 Å². The Morgan fingerprint density at radius 1 is 1.12 bits per heavy atom. The summed E-state index contributed by atoms with van der Waals surface area (Å²) in [7, 11) is 0. The maximum absolute atomic E-state index is 12.6. The quantitative estimate of drug-likeness (QED) is 0.829. The first kappa shape index (κ1) is 17.1. The van der Waals surface area contributed by atoms with E-state index in [0.717, 1.165) is 37.4 Å². The highest BCUT2D eigenvalue weighted by atomic mass is 16.7. The van der Waals surface area contributed by atoms with Crippen LogP contribution in [-0.4, -0.2) is 35.7 Å². The smallest absolute Gasteiger partial charge is 0.255 e. The van der Waals surface area contributed by atoms with Gasteiger partial charge in [0, 0.05) is 31.0 Å². The van der Waals surface area contributed by atoms with Gasteiger partial charge in [0.25, 0.3) is 5.91 Å². The number of rotatable bonds is 7. The molecule has 1 aliphatic heterocycles. The fourth-order valence-corrected chi connectivity index (χ4v) is 2.75. The van der Waals surface area contributed by atoms with Gasteiger partial charge in [-0.3, -0.25) is 4.79 Å². The molecule has 0 spiro atoms. The van der Waals surface area contributed by atoms with Gasteiger partial charge in [0.15, 0.2) is 11.5 Å². The van der Waals surface area contributed by atoms with Crippen molar-refractivity contribution in [3.8, 4) is 11.5 Å². The number of ether oxygens (including phenoxy) is 2. The summed E-state index contributed by atoms with van der Waals surface area (Å²) in [6.07, 6.45) is 3.52. The summed E-state index contributed by atoms with van der Waals surface area (Å²) >= 11 is 0. The van der Waals surface area contributed by atoms with Gasteiger partial charge in [0.05, 0.1) is 5.56 Å². The summed E-state index contributed by atoms with van der Waals surface area (Å²) in [6.45, 7) is 5.94. The number of anilines is 2. The van der Waals surface area contributed by atoms with Gasteiger partial charge in [-0.15, -0.1) is 0 Å². The SMILES string of the molecule is CCCN(CCC)C(=O)c1ccc(Nc2ccc3c(c2)OCO3)nc1. The van der Waals surface area contributed by atoms with Gasteiger partial charge in [0.2, 0.25) is 6.79 Å². The third-order valence-electron chi connectivity index (χ3n) is 3.93. The second-order valence-electron chi connectivity index (χ2n) is 5.92. The largest absolute Gasteiger partial charge is 0.454 e. The zero-order valence-corrected chi connectivity index (χ0v) is 14.6. The first-order valence-corrected chi connectivity index (χ1v) is 8.63. The zero-order chi connectivity index (χ0) is 17.6. The van der Waals surface area contributed by atoms with Gasteiger partial charge in [-0.1, -0.05) is 13.8 Å². The number of nitrogens with one attached hydrogen (secondary N) is 1. The van der Waals surface area contributed by atoms with Crippen molar-refractivity contribution in [2.24, 2.45) is 0 Å². The lowest BCUT2D eigenvalue weighted by Crippen LogP contribution is -2.32. The van der Waals surface area contributed by atoms with E-state index in [2.05, 4.69) is 24.1 Å². The van der Waals surface area contributed by atoms with Crippen molar-refractivity contribution in [1.82, 2.24) is 9.88 Å². The minimum atomic E-state index is 0.0332. The highest BCUT2D eigenvalue weighted by molar-refractivity contribution is 5.94. The van der Waals surface area contributed by atoms with Crippen molar-refractivity contribution in [1.29, 1.82) is 0 Å². The molecule has 1 aromatic carbocycles. The van der Waals surface area contributed by atoms with Crippen LogP contribution in [0.4, 0.5) is 11.5 Å². The number of carbonyl (C=O) groups excluding carboxylic acids is 1. The minimum absolute atomic E-state index is 0.0332. The fourth-order valence-electron chi connectivity index (χ4n) is 2.75. The number of hydrogen-bond donors (Lipinski definition) is 1. The molecule has 0 bridgehead atoms. The molecule has 1 aromatic heterocycles. The van der Waals surface area contributed by atoms with Gasteiger partial charge >= 0.3 is 0 Å². The predicted octanol–water partition coefficient (Wildman–Crippen LogP) is 3.82. The average molecular weight is 341 g/mol. The van der Waals surface area contributed by atoms with E-state index in [1.807, 2.05) is 35.2 Å². The highest BCUT2D eigenvalue weighted by Gasteiger charge is 2.15. The van der Waals surface area contributed by atoms with Crippen LogP contribution in [0.2, 0.25) is 0 Å². The van der Waals surface area contributed by atoms with E-state index in [9.17, 15) is 4.79 Å². The number of aromatic nitrogens is 1. The van der Waals surface area contributed by atoms with Crippen molar-refractivity contribution in [2.75, 3.05) is 25.2 Å². The number of benzene rings is 1. The Morgan fingerprint density at radius 3 is 2.56 bits per heavy atom. The van der Waals surface area contributed by atoms with Crippen molar-refractivity contribution in [3.63, 3.8) is 0 Å². The third kappa shape index (κ3) is 4.02. The molecule has 25 heavy (non-hydrogen) atoms. The number of hydrogen-bond acceptors (Lipinski definition) is 5. The second kappa shape index (κ2) is 7.88. The normalized spacial score (nSPS) is 12.1. The minimum Gasteiger partial charge on any atom is -0.454 e. The van der Waals surface area contributed by atoms with Crippen LogP contribution >= 0.6 is 0 Å². The predicted molar refractivity (Wildman–Crippen MR) is 96.6 cm³/mol. The first-order valence-electron chi connectivity index (χ1n) is 8.63. The number of pyridine rings is 1. The lowest BCUT2D eigenvalue weighted by atomic mass is 10.2. The molecule has 0 fully saturated rings. The third-order valence-corrected chi connectivity index (χ3v) is 3.93. The van der Waals surface area contributed by atoms with Crippen LogP contribution < -0.4 is 14.8 Å². The monoisotopic (exact) mass is 341 g/mol. The highest BCUT2D eigenvalue weighted by Crippen LogP contribution is 2.34. The molecule has 0 aliphatic carbocycles. The summed E-state index contributed by atoms with van der Waals surface area (Å²) in [6, 6.07) is 9.25. The van der Waals surface area contributed by atoms with Crippen LogP contribution in [0.5, 0.6) is 11.5 Å². The Hall–Kier alpha value is -2.76. The Morgan fingerprint density at radius 2 is 1.88 bits per heavy atom. The number of amides is 1. The molecule has 1 amide bonds. The van der Waals surface area contributed by atoms with Gasteiger partial charge in [-0.25, -0.2) is 4.98 Å². The fraction of sp³-hybridized carbons (Fsp3) is 0.368. The summed E-state index contributed by atoms with van der Waals surface area (Å²) in [5.74, 6) is 2.16. The van der Waals surface area contributed by atoms with Crippen LogP contribution in [-0.2, 0) is 0 Å². The van der Waals surface area contributed by atoms with Gasteiger partial charge in [-0.2, -0.15) is 0 Å². The first-order chi connectivity index (χ1) is 12.2. The van der Waals surface area contributed by atoms with Crippen LogP contribution in [0.15, 0.2) is 36.5 Å². The maximum Gasteiger partial charge on any atom is 0.255 e. The molecule has 6 nitrogen and oxygen atoms in total. The molecule has 0 saturated heterocycles. The van der Waals surface area contributed by atoms with Gasteiger partial charge in [0.1, 0.15) is 5.82 Å². The van der Waals surface area contributed by atoms with Crippen LogP contribution in [0.3, 0.4) is 0 Å². The van der Waals surface area contributed by atoms with E-state index in [1.165, 1.54) is 0 Å². The van der Waals surface area contributed by atoms with Crippen LogP contribution in [0.1, 0.15) is 37.0 Å². The number of carbonyl (C=O) groups is 1. The van der Waals surface area contributed by atoms with Crippen LogP contribution in [0.25, 0.3) is 0 Å². The Kier molecular flexibility index (Phi) is 5.38. The van der Waals surface area contributed by atoms with Gasteiger partial charge in [-0.05, 0) is 37.1 Å². The summed E-state index contributed by atoms with van der Waals surface area (Å²) < 4.78 is 10.7. The molecule has 0 atom stereocenters. The molecule has 6 heteroatoms. The molecule has 3 rings (SSSR count).